The molecule has 134 valence electrons. The Morgan fingerprint density at radius 3 is 2.64 bits per heavy atom. The van der Waals surface area contributed by atoms with E-state index in [-0.39, 0.29) is 5.91 Å². The largest absolute Gasteiger partial charge is 0.356 e. The summed E-state index contributed by atoms with van der Waals surface area (Å²) in [5.41, 5.74) is 1.04. The maximum absolute atomic E-state index is 11.8. The van der Waals surface area contributed by atoms with Crippen molar-refractivity contribution in [1.29, 1.82) is 0 Å². The van der Waals surface area contributed by atoms with Crippen molar-refractivity contribution in [2.24, 2.45) is 0 Å². The lowest BCUT2D eigenvalue weighted by molar-refractivity contribution is -0.118. The van der Waals surface area contributed by atoms with Crippen molar-refractivity contribution in [2.45, 2.75) is 37.9 Å². The Kier molecular flexibility index (Phi) is 6.47. The van der Waals surface area contributed by atoms with Gasteiger partial charge in [-0.1, -0.05) is 36.4 Å². The second kappa shape index (κ2) is 9.01. The molecule has 0 unspecified atom stereocenters. The van der Waals surface area contributed by atoms with Crippen LogP contribution in [0.5, 0.6) is 0 Å². The first-order valence-corrected chi connectivity index (χ1v) is 9.88. The van der Waals surface area contributed by atoms with Gasteiger partial charge < -0.3 is 5.32 Å². The van der Waals surface area contributed by atoms with Crippen LogP contribution in [0.3, 0.4) is 0 Å². The summed E-state index contributed by atoms with van der Waals surface area (Å²) in [6.45, 7) is 5.59. The molecule has 1 N–H and O–H groups in total. The minimum absolute atomic E-state index is 0.0210. The fourth-order valence-electron chi connectivity index (χ4n) is 3.03. The predicted octanol–water partition coefficient (Wildman–Crippen LogP) is 2.48. The van der Waals surface area contributed by atoms with Crippen LogP contribution in [0.25, 0.3) is 5.69 Å². The molecule has 1 aromatic carbocycles. The average molecular weight is 359 g/mol. The molecule has 0 radical (unpaired) electrons. The van der Waals surface area contributed by atoms with Gasteiger partial charge in [0.15, 0.2) is 11.0 Å². The summed E-state index contributed by atoms with van der Waals surface area (Å²) in [4.78, 5) is 14.2. The van der Waals surface area contributed by atoms with E-state index in [0.29, 0.717) is 12.3 Å². The Balaban J connectivity index is 1.81. The van der Waals surface area contributed by atoms with Crippen LogP contribution in [0.4, 0.5) is 0 Å². The number of benzene rings is 1. The van der Waals surface area contributed by atoms with Gasteiger partial charge in [0.05, 0.1) is 12.3 Å². The van der Waals surface area contributed by atoms with Crippen molar-refractivity contribution in [3.05, 3.63) is 36.2 Å². The number of amides is 1. The molecular weight excluding hydrogens is 334 g/mol. The molecule has 1 amide bonds. The Labute approximate surface area is 153 Å². The maximum atomic E-state index is 11.8. The summed E-state index contributed by atoms with van der Waals surface area (Å²) in [6.07, 6.45) is 3.81. The molecule has 2 aromatic rings. The van der Waals surface area contributed by atoms with Gasteiger partial charge in [0.2, 0.25) is 5.91 Å². The highest BCUT2D eigenvalue weighted by molar-refractivity contribution is 7.99. The zero-order valence-electron chi connectivity index (χ0n) is 14.6. The molecule has 3 rings (SSSR count). The van der Waals surface area contributed by atoms with E-state index in [9.17, 15) is 4.79 Å². The summed E-state index contributed by atoms with van der Waals surface area (Å²) in [7, 11) is 0. The SMILES string of the molecule is CCNC(=O)CSc1nnc(CN2CCCCC2)n1-c1ccccc1. The molecule has 1 aliphatic heterocycles. The lowest BCUT2D eigenvalue weighted by Crippen LogP contribution is -2.30. The number of hydrogen-bond donors (Lipinski definition) is 1. The number of piperidine rings is 1. The van der Waals surface area contributed by atoms with E-state index in [4.69, 9.17) is 0 Å². The predicted molar refractivity (Wildman–Crippen MR) is 99.9 cm³/mol. The lowest BCUT2D eigenvalue weighted by Gasteiger charge is -2.26. The summed E-state index contributed by atoms with van der Waals surface area (Å²) in [6, 6.07) is 10.1. The van der Waals surface area contributed by atoms with Gasteiger partial charge in [-0.05, 0) is 45.0 Å². The van der Waals surface area contributed by atoms with Gasteiger partial charge in [-0.2, -0.15) is 0 Å². The molecule has 25 heavy (non-hydrogen) atoms. The van der Waals surface area contributed by atoms with Crippen LogP contribution in [0.1, 0.15) is 32.0 Å². The van der Waals surface area contributed by atoms with Gasteiger partial charge in [-0.15, -0.1) is 10.2 Å². The third kappa shape index (κ3) is 4.83. The summed E-state index contributed by atoms with van der Waals surface area (Å²) in [5.74, 6) is 1.31. The third-order valence-electron chi connectivity index (χ3n) is 4.23. The normalized spacial score (nSPS) is 15.2. The highest BCUT2D eigenvalue weighted by Crippen LogP contribution is 2.23. The van der Waals surface area contributed by atoms with E-state index in [0.717, 1.165) is 36.3 Å². The van der Waals surface area contributed by atoms with E-state index in [1.54, 1.807) is 0 Å². The molecule has 1 saturated heterocycles. The molecule has 0 aliphatic carbocycles. The van der Waals surface area contributed by atoms with Gasteiger partial charge in [-0.25, -0.2) is 0 Å². The monoisotopic (exact) mass is 359 g/mol. The van der Waals surface area contributed by atoms with Crippen LogP contribution in [-0.4, -0.2) is 51.0 Å². The van der Waals surface area contributed by atoms with Crippen LogP contribution in [0.2, 0.25) is 0 Å². The number of hydrogen-bond acceptors (Lipinski definition) is 5. The first-order chi connectivity index (χ1) is 12.3. The highest BCUT2D eigenvalue weighted by Gasteiger charge is 2.19. The quantitative estimate of drug-likeness (QED) is 0.770. The van der Waals surface area contributed by atoms with E-state index < -0.39 is 0 Å². The zero-order valence-corrected chi connectivity index (χ0v) is 15.5. The van der Waals surface area contributed by atoms with Crippen molar-refractivity contribution in [3.8, 4) is 5.69 Å². The van der Waals surface area contributed by atoms with Crippen LogP contribution in [0.15, 0.2) is 35.5 Å². The van der Waals surface area contributed by atoms with E-state index in [2.05, 4.69) is 37.1 Å². The number of nitrogens with one attached hydrogen (secondary N) is 1. The number of aromatic nitrogens is 3. The Morgan fingerprint density at radius 2 is 1.92 bits per heavy atom. The number of carbonyl (C=O) groups excluding carboxylic acids is 1. The van der Waals surface area contributed by atoms with Crippen LogP contribution < -0.4 is 5.32 Å². The van der Waals surface area contributed by atoms with Crippen molar-refractivity contribution in [2.75, 3.05) is 25.4 Å². The number of carbonyl (C=O) groups is 1. The summed E-state index contributed by atoms with van der Waals surface area (Å²) >= 11 is 1.43. The Bertz CT molecular complexity index is 682. The number of nitrogens with zero attached hydrogens (tertiary/aromatic N) is 4. The first-order valence-electron chi connectivity index (χ1n) is 8.89. The lowest BCUT2D eigenvalue weighted by atomic mass is 10.1. The van der Waals surface area contributed by atoms with E-state index >= 15 is 0 Å². The zero-order chi connectivity index (χ0) is 17.5. The first kappa shape index (κ1) is 17.9. The fourth-order valence-corrected chi connectivity index (χ4v) is 3.83. The molecule has 1 fully saturated rings. The van der Waals surface area contributed by atoms with Crippen LogP contribution >= 0.6 is 11.8 Å². The number of thioether (sulfide) groups is 1. The molecule has 6 nitrogen and oxygen atoms in total. The molecule has 1 aromatic heterocycles. The smallest absolute Gasteiger partial charge is 0.230 e. The van der Waals surface area contributed by atoms with Crippen molar-refractivity contribution in [3.63, 3.8) is 0 Å². The molecule has 1 aliphatic rings. The average Bonchev–Trinajstić information content (AvgIpc) is 3.04. The Hall–Kier alpha value is -1.86. The van der Waals surface area contributed by atoms with Crippen molar-refractivity contribution in [1.82, 2.24) is 25.0 Å². The molecule has 0 spiro atoms. The van der Waals surface area contributed by atoms with E-state index in [1.165, 1.54) is 31.0 Å². The van der Waals surface area contributed by atoms with Gasteiger partial charge in [0, 0.05) is 12.2 Å². The minimum Gasteiger partial charge on any atom is -0.356 e. The van der Waals surface area contributed by atoms with Gasteiger partial charge >= 0.3 is 0 Å². The number of rotatable bonds is 7. The second-order valence-electron chi connectivity index (χ2n) is 6.15. The van der Waals surface area contributed by atoms with Crippen LogP contribution in [0, 0.1) is 0 Å². The molecule has 0 saturated carbocycles. The molecule has 0 bridgehead atoms. The topological polar surface area (TPSA) is 63.1 Å². The standard InChI is InChI=1S/C18H25N5OS/c1-2-19-17(24)14-25-18-21-20-16(13-22-11-7-4-8-12-22)23(18)15-9-5-3-6-10-15/h3,5-6,9-10H,2,4,7-8,11-14H2,1H3,(H,19,24). The molecule has 2 heterocycles. The van der Waals surface area contributed by atoms with Gasteiger partial charge in [0.1, 0.15) is 0 Å². The van der Waals surface area contributed by atoms with Gasteiger partial charge in [-0.3, -0.25) is 14.3 Å². The fraction of sp³-hybridized carbons (Fsp3) is 0.500. The Morgan fingerprint density at radius 1 is 1.16 bits per heavy atom. The van der Waals surface area contributed by atoms with Crippen molar-refractivity contribution < 1.29 is 4.79 Å². The van der Waals surface area contributed by atoms with Crippen molar-refractivity contribution >= 4 is 17.7 Å². The maximum Gasteiger partial charge on any atom is 0.230 e. The van der Waals surface area contributed by atoms with Gasteiger partial charge in [0.25, 0.3) is 0 Å². The molecular formula is C18H25N5OS. The highest BCUT2D eigenvalue weighted by atomic mass is 32.2. The summed E-state index contributed by atoms with van der Waals surface area (Å²) < 4.78 is 2.08. The third-order valence-corrected chi connectivity index (χ3v) is 5.16. The summed E-state index contributed by atoms with van der Waals surface area (Å²) in [5, 5.41) is 12.4. The van der Waals surface area contributed by atoms with Crippen LogP contribution in [-0.2, 0) is 11.3 Å². The second-order valence-corrected chi connectivity index (χ2v) is 7.09. The molecule has 0 atom stereocenters. The van der Waals surface area contributed by atoms with E-state index in [1.807, 2.05) is 25.1 Å². The molecule has 7 heteroatoms. The number of likely N-dealkylation sites (tertiary alicyclic amines) is 1. The number of para-hydroxylation sites is 1. The minimum atomic E-state index is 0.0210.